The van der Waals surface area contributed by atoms with E-state index < -0.39 is 0 Å². The molecule has 0 atom stereocenters. The van der Waals surface area contributed by atoms with Gasteiger partial charge in [0.2, 0.25) is 0 Å². The largest absolute Gasteiger partial charge is 0.310 e. The van der Waals surface area contributed by atoms with Crippen molar-refractivity contribution in [2.75, 3.05) is 4.90 Å². The first-order valence-electron chi connectivity index (χ1n) is 23.7. The first-order chi connectivity index (χ1) is 32.6. The second kappa shape index (κ2) is 16.8. The van der Waals surface area contributed by atoms with Gasteiger partial charge >= 0.3 is 0 Å². The average Bonchev–Trinajstić information content (AvgIpc) is 3.61. The number of benzene rings is 10. The van der Waals surface area contributed by atoms with E-state index in [0.29, 0.717) is 0 Å². The molecule has 0 aliphatic heterocycles. The zero-order chi connectivity index (χ0) is 46.0. The van der Waals surface area contributed by atoms with E-state index in [2.05, 4.69) is 264 Å². The molecule has 6 heteroatoms. The fraction of sp³-hybridized carbons (Fsp3) is 0.0492. The maximum Gasteiger partial charge on any atom is 0.139 e. The molecule has 0 unspecified atom stereocenters. The highest BCUT2D eigenvalue weighted by atomic mass is 15.1. The van der Waals surface area contributed by atoms with Gasteiger partial charge in [-0.1, -0.05) is 201 Å². The molecule has 10 aromatic rings. The molecule has 0 amide bonds. The molecule has 0 fully saturated rings. The molecule has 314 valence electrons. The zero-order valence-electron chi connectivity index (χ0n) is 39.6. The highest BCUT2D eigenvalue weighted by Gasteiger charge is 2.38. The number of anilines is 3. The Hall–Kier alpha value is -7.42. The van der Waals surface area contributed by atoms with Gasteiger partial charge in [0, 0.05) is 22.4 Å². The first kappa shape index (κ1) is 42.2. The Bertz CT molecular complexity index is 3500. The summed E-state index contributed by atoms with van der Waals surface area (Å²) in [5.41, 5.74) is 27.8. The Morgan fingerprint density at radius 1 is 0.343 bits per heavy atom. The SMILES string of the molecule is Bc1c(B)c(B)c(-c2ccc3cccc(-c4ccc(N(c5ccc6c(c5)C(C)(C)c5c(-c7ccccc7)cccc5-6)c5ccccc5-c5ccccc5)cc4)c3c2-c2ccccc2)c(B)c1B. The summed E-state index contributed by atoms with van der Waals surface area (Å²) in [6.07, 6.45) is 0. The van der Waals surface area contributed by atoms with Crippen molar-refractivity contribution in [3.8, 4) is 66.8 Å². The van der Waals surface area contributed by atoms with E-state index in [4.69, 9.17) is 0 Å². The average molecular weight is 851 g/mol. The molecule has 0 N–H and O–H groups in total. The third kappa shape index (κ3) is 7.01. The van der Waals surface area contributed by atoms with Crippen LogP contribution in [0.3, 0.4) is 0 Å². The van der Waals surface area contributed by atoms with Gasteiger partial charge < -0.3 is 4.90 Å². The van der Waals surface area contributed by atoms with Crippen molar-refractivity contribution in [2.45, 2.75) is 19.3 Å². The number of hydrogen-bond donors (Lipinski definition) is 0. The van der Waals surface area contributed by atoms with E-state index in [1.807, 2.05) is 0 Å². The lowest BCUT2D eigenvalue weighted by molar-refractivity contribution is 0.662. The van der Waals surface area contributed by atoms with Crippen LogP contribution >= 0.6 is 0 Å². The minimum Gasteiger partial charge on any atom is -0.310 e. The van der Waals surface area contributed by atoms with Crippen molar-refractivity contribution in [3.05, 3.63) is 217 Å². The van der Waals surface area contributed by atoms with E-state index in [-0.39, 0.29) is 5.41 Å². The van der Waals surface area contributed by atoms with Crippen molar-refractivity contribution in [1.29, 1.82) is 0 Å². The number of para-hydroxylation sites is 1. The summed E-state index contributed by atoms with van der Waals surface area (Å²) in [7, 11) is 11.4. The summed E-state index contributed by atoms with van der Waals surface area (Å²) >= 11 is 0. The molecular weight excluding hydrogens is 801 g/mol. The number of nitrogens with zero attached hydrogens (tertiary/aromatic N) is 1. The van der Waals surface area contributed by atoms with Gasteiger partial charge in [-0.25, -0.2) is 0 Å². The molecule has 11 rings (SSSR count). The van der Waals surface area contributed by atoms with Crippen LogP contribution in [0.1, 0.15) is 25.0 Å². The van der Waals surface area contributed by atoms with Crippen molar-refractivity contribution >= 4 is 94.4 Å². The smallest absolute Gasteiger partial charge is 0.139 e. The Morgan fingerprint density at radius 3 is 1.51 bits per heavy atom. The highest BCUT2D eigenvalue weighted by molar-refractivity contribution is 6.68. The summed E-state index contributed by atoms with van der Waals surface area (Å²) in [5, 5.41) is 2.51. The first-order valence-corrected chi connectivity index (χ1v) is 23.7. The Kier molecular flexibility index (Phi) is 10.6. The third-order valence-corrected chi connectivity index (χ3v) is 15.0. The molecule has 0 heterocycles. The molecule has 0 aromatic heterocycles. The molecule has 0 saturated carbocycles. The van der Waals surface area contributed by atoms with Crippen LogP contribution in [0.15, 0.2) is 206 Å². The number of fused-ring (bicyclic) bond motifs is 4. The van der Waals surface area contributed by atoms with Crippen LogP contribution in [0.25, 0.3) is 77.5 Å². The Balaban J connectivity index is 1.09. The standard InChI is InChI=1S/C61H50B5N/c1-61(2)50-36-43(33-35-47(50)48-26-15-25-46(55(48)61)38-18-8-4-9-19-38)67(51-27-13-12-23-44(51)37-16-6-3-7-17-37)42-31-28-39(29-32-42)45-24-14-22-41-30-34-49(53(52(41)45)40-20-10-5-11-21-40)54-56(62)58(64)60(66)59(65)57(54)63/h3-36H,62-66H2,1-2H3. The van der Waals surface area contributed by atoms with Crippen LogP contribution < -0.4 is 32.2 Å². The predicted molar refractivity (Wildman–Crippen MR) is 304 cm³/mol. The monoisotopic (exact) mass is 851 g/mol. The summed E-state index contributed by atoms with van der Waals surface area (Å²) in [6, 6.07) is 76.3. The predicted octanol–water partition coefficient (Wildman–Crippen LogP) is 8.24. The van der Waals surface area contributed by atoms with E-state index in [9.17, 15) is 0 Å². The molecule has 1 aliphatic carbocycles. The van der Waals surface area contributed by atoms with Gasteiger partial charge in [-0.3, -0.25) is 0 Å². The van der Waals surface area contributed by atoms with Crippen LogP contribution in [0, 0.1) is 0 Å². The van der Waals surface area contributed by atoms with Gasteiger partial charge in [-0.2, -0.15) is 0 Å². The zero-order valence-corrected chi connectivity index (χ0v) is 39.6. The molecular formula is C61H50B5N. The van der Waals surface area contributed by atoms with E-state index in [0.717, 1.165) is 17.1 Å². The number of hydrogen-bond acceptors (Lipinski definition) is 1. The van der Waals surface area contributed by atoms with Crippen LogP contribution in [-0.2, 0) is 5.41 Å². The van der Waals surface area contributed by atoms with Gasteiger partial charge in [0.05, 0.1) is 5.69 Å². The summed E-state index contributed by atoms with van der Waals surface area (Å²) in [5.74, 6) is 0. The van der Waals surface area contributed by atoms with Gasteiger partial charge in [-0.15, -0.1) is 16.4 Å². The maximum absolute atomic E-state index is 2.47. The van der Waals surface area contributed by atoms with Gasteiger partial charge in [-0.05, 0) is 113 Å². The van der Waals surface area contributed by atoms with E-state index in [1.165, 1.54) is 116 Å². The Labute approximate surface area is 400 Å². The van der Waals surface area contributed by atoms with Crippen molar-refractivity contribution in [1.82, 2.24) is 0 Å². The topological polar surface area (TPSA) is 3.24 Å². The van der Waals surface area contributed by atoms with Crippen LogP contribution in [0.5, 0.6) is 0 Å². The second-order valence-electron chi connectivity index (χ2n) is 19.0. The fourth-order valence-corrected chi connectivity index (χ4v) is 11.3. The van der Waals surface area contributed by atoms with Crippen LogP contribution in [0.2, 0.25) is 0 Å². The van der Waals surface area contributed by atoms with Crippen LogP contribution in [-0.4, -0.2) is 39.2 Å². The minimum absolute atomic E-state index is 0.224. The maximum atomic E-state index is 2.47. The van der Waals surface area contributed by atoms with E-state index >= 15 is 0 Å². The molecule has 0 bridgehead atoms. The van der Waals surface area contributed by atoms with Crippen molar-refractivity contribution < 1.29 is 0 Å². The lowest BCUT2D eigenvalue weighted by atomic mass is 9.59. The third-order valence-electron chi connectivity index (χ3n) is 15.0. The molecule has 1 aliphatic rings. The summed E-state index contributed by atoms with van der Waals surface area (Å²) < 4.78 is 0. The van der Waals surface area contributed by atoms with Crippen molar-refractivity contribution in [3.63, 3.8) is 0 Å². The van der Waals surface area contributed by atoms with E-state index in [1.54, 1.807) is 0 Å². The second-order valence-corrected chi connectivity index (χ2v) is 19.0. The lowest BCUT2D eigenvalue weighted by Crippen LogP contribution is -2.55. The number of rotatable bonds is 8. The normalized spacial score (nSPS) is 12.4. The van der Waals surface area contributed by atoms with Gasteiger partial charge in [0.15, 0.2) is 0 Å². The molecule has 0 spiro atoms. The summed E-state index contributed by atoms with van der Waals surface area (Å²) in [4.78, 5) is 2.47. The molecule has 0 radical (unpaired) electrons. The van der Waals surface area contributed by atoms with Gasteiger partial charge in [0.25, 0.3) is 0 Å². The quantitative estimate of drug-likeness (QED) is 0.139. The van der Waals surface area contributed by atoms with Crippen LogP contribution in [0.4, 0.5) is 17.1 Å². The Morgan fingerprint density at radius 2 is 0.836 bits per heavy atom. The minimum atomic E-state index is -0.224. The highest BCUT2D eigenvalue weighted by Crippen LogP contribution is 2.54. The lowest BCUT2D eigenvalue weighted by Gasteiger charge is -2.30. The molecule has 10 aromatic carbocycles. The molecule has 1 nitrogen and oxygen atoms in total. The van der Waals surface area contributed by atoms with Crippen molar-refractivity contribution in [2.24, 2.45) is 0 Å². The fourth-order valence-electron chi connectivity index (χ4n) is 11.3. The summed E-state index contributed by atoms with van der Waals surface area (Å²) in [6.45, 7) is 4.79. The molecule has 0 saturated heterocycles. The molecule has 67 heavy (non-hydrogen) atoms. The van der Waals surface area contributed by atoms with Gasteiger partial charge in [0.1, 0.15) is 39.2 Å².